The van der Waals surface area contributed by atoms with Crippen LogP contribution in [0.3, 0.4) is 0 Å². The highest BCUT2D eigenvalue weighted by Crippen LogP contribution is 2.35. The SMILES string of the molecule is COc1ccc(C(=O)c2oc3ccccc3c2NC(=O)c2nc(SCc3cccc(C)c3)ncc2Cl)cc1Br. The van der Waals surface area contributed by atoms with Crippen molar-refractivity contribution in [3.05, 3.63) is 111 Å². The first-order chi connectivity index (χ1) is 18.8. The molecule has 0 saturated carbocycles. The number of hydrogen-bond acceptors (Lipinski definition) is 7. The Bertz CT molecular complexity index is 1720. The Balaban J connectivity index is 1.45. The number of methoxy groups -OCH3 is 1. The number of rotatable bonds is 8. The minimum Gasteiger partial charge on any atom is -0.496 e. The number of amides is 1. The molecule has 7 nitrogen and oxygen atoms in total. The minimum absolute atomic E-state index is 0.00530. The molecule has 1 amide bonds. The first-order valence-corrected chi connectivity index (χ1v) is 13.9. The van der Waals surface area contributed by atoms with Crippen LogP contribution in [-0.4, -0.2) is 28.8 Å². The van der Waals surface area contributed by atoms with Gasteiger partial charge < -0.3 is 14.5 Å². The van der Waals surface area contributed by atoms with E-state index in [4.69, 9.17) is 20.8 Å². The van der Waals surface area contributed by atoms with E-state index in [0.29, 0.717) is 37.7 Å². The predicted molar refractivity (Wildman–Crippen MR) is 156 cm³/mol. The summed E-state index contributed by atoms with van der Waals surface area (Å²) in [5, 5.41) is 3.88. The smallest absolute Gasteiger partial charge is 0.276 e. The Labute approximate surface area is 242 Å². The number of halogens is 2. The number of aromatic nitrogens is 2. The van der Waals surface area contributed by atoms with E-state index in [1.54, 1.807) is 49.6 Å². The number of benzene rings is 3. The molecular weight excluding hydrogens is 602 g/mol. The topological polar surface area (TPSA) is 94.3 Å². The molecule has 196 valence electrons. The summed E-state index contributed by atoms with van der Waals surface area (Å²) in [6, 6.07) is 20.1. The third-order valence-electron chi connectivity index (χ3n) is 5.84. The molecule has 0 spiro atoms. The van der Waals surface area contributed by atoms with Crippen LogP contribution in [0.15, 0.2) is 87.0 Å². The normalized spacial score (nSPS) is 11.0. The number of carbonyl (C=O) groups is 2. The van der Waals surface area contributed by atoms with Crippen molar-refractivity contribution in [1.29, 1.82) is 0 Å². The third kappa shape index (κ3) is 5.85. The minimum atomic E-state index is -0.587. The number of fused-ring (bicyclic) bond motifs is 1. The second kappa shape index (κ2) is 11.6. The van der Waals surface area contributed by atoms with Crippen LogP contribution >= 0.6 is 39.3 Å². The molecule has 39 heavy (non-hydrogen) atoms. The zero-order chi connectivity index (χ0) is 27.5. The number of ketones is 1. The van der Waals surface area contributed by atoms with Gasteiger partial charge in [-0.15, -0.1) is 0 Å². The maximum absolute atomic E-state index is 13.5. The number of thioether (sulfide) groups is 1. The second-order valence-electron chi connectivity index (χ2n) is 8.56. The van der Waals surface area contributed by atoms with E-state index >= 15 is 0 Å². The zero-order valence-corrected chi connectivity index (χ0v) is 24.0. The molecule has 5 aromatic rings. The summed E-state index contributed by atoms with van der Waals surface area (Å²) in [5.74, 6) is 0.205. The molecule has 0 unspecified atom stereocenters. The summed E-state index contributed by atoms with van der Waals surface area (Å²) < 4.78 is 11.8. The zero-order valence-electron chi connectivity index (χ0n) is 20.8. The van der Waals surface area contributed by atoms with Crippen LogP contribution in [0, 0.1) is 6.92 Å². The van der Waals surface area contributed by atoms with Gasteiger partial charge in [0.15, 0.2) is 16.6 Å². The first kappa shape index (κ1) is 26.9. The van der Waals surface area contributed by atoms with Gasteiger partial charge in [-0.3, -0.25) is 9.59 Å². The van der Waals surface area contributed by atoms with Crippen LogP contribution in [0.1, 0.15) is 37.7 Å². The van der Waals surface area contributed by atoms with Gasteiger partial charge in [0, 0.05) is 16.7 Å². The standard InChI is InChI=1S/C29H21BrClN3O4S/c1-16-6-5-7-17(12-16)15-39-29-32-14-21(31)25(34-29)28(36)33-24-19-8-3-4-9-22(19)38-27(24)26(35)18-10-11-23(37-2)20(30)13-18/h3-14H,15H2,1-2H3,(H,33,36). The molecule has 1 N–H and O–H groups in total. The lowest BCUT2D eigenvalue weighted by Crippen LogP contribution is -2.17. The van der Waals surface area contributed by atoms with E-state index in [0.717, 1.165) is 11.1 Å². The van der Waals surface area contributed by atoms with Crippen LogP contribution in [0.4, 0.5) is 5.69 Å². The fraction of sp³-hybridized carbons (Fsp3) is 0.103. The molecule has 2 aromatic heterocycles. The Morgan fingerprint density at radius 1 is 1.10 bits per heavy atom. The van der Waals surface area contributed by atoms with Gasteiger partial charge in [-0.1, -0.05) is 65.3 Å². The van der Waals surface area contributed by atoms with Gasteiger partial charge in [0.2, 0.25) is 5.78 Å². The van der Waals surface area contributed by atoms with Crippen LogP contribution in [0.5, 0.6) is 5.75 Å². The average Bonchev–Trinajstić information content (AvgIpc) is 3.30. The molecule has 3 aromatic carbocycles. The van der Waals surface area contributed by atoms with Gasteiger partial charge >= 0.3 is 0 Å². The highest BCUT2D eigenvalue weighted by atomic mass is 79.9. The maximum atomic E-state index is 13.5. The summed E-state index contributed by atoms with van der Waals surface area (Å²) in [6.07, 6.45) is 1.40. The fourth-order valence-corrected chi connectivity index (χ4v) is 5.45. The Morgan fingerprint density at radius 2 is 1.92 bits per heavy atom. The molecule has 0 aliphatic rings. The van der Waals surface area contributed by atoms with Crippen LogP contribution < -0.4 is 10.1 Å². The first-order valence-electron chi connectivity index (χ1n) is 11.8. The Kier molecular flexibility index (Phi) is 8.02. The molecule has 0 saturated heterocycles. The lowest BCUT2D eigenvalue weighted by Gasteiger charge is -2.09. The number of anilines is 1. The van der Waals surface area contributed by atoms with Gasteiger partial charge in [0.1, 0.15) is 11.3 Å². The van der Waals surface area contributed by atoms with E-state index < -0.39 is 11.7 Å². The van der Waals surface area contributed by atoms with E-state index in [1.165, 1.54) is 18.0 Å². The van der Waals surface area contributed by atoms with E-state index in [2.05, 4.69) is 37.3 Å². The van der Waals surface area contributed by atoms with E-state index in [9.17, 15) is 9.59 Å². The molecule has 0 radical (unpaired) electrons. The number of para-hydroxylation sites is 1. The van der Waals surface area contributed by atoms with Crippen molar-refractivity contribution in [2.24, 2.45) is 0 Å². The summed E-state index contributed by atoms with van der Waals surface area (Å²) in [4.78, 5) is 35.6. The molecule has 0 atom stereocenters. The van der Waals surface area contributed by atoms with Crippen molar-refractivity contribution in [2.45, 2.75) is 17.8 Å². The van der Waals surface area contributed by atoms with Crippen molar-refractivity contribution in [3.8, 4) is 5.75 Å². The number of nitrogens with one attached hydrogen (secondary N) is 1. The van der Waals surface area contributed by atoms with Gasteiger partial charge in [-0.25, -0.2) is 9.97 Å². The summed E-state index contributed by atoms with van der Waals surface area (Å²) in [5.41, 5.74) is 3.30. The summed E-state index contributed by atoms with van der Waals surface area (Å²) in [6.45, 7) is 2.03. The largest absolute Gasteiger partial charge is 0.496 e. The molecule has 5 rings (SSSR count). The summed E-state index contributed by atoms with van der Waals surface area (Å²) in [7, 11) is 1.54. The average molecular weight is 623 g/mol. The number of furan rings is 1. The van der Waals surface area contributed by atoms with Crippen molar-refractivity contribution >= 4 is 67.6 Å². The van der Waals surface area contributed by atoms with Gasteiger partial charge in [-0.05, 0) is 58.7 Å². The predicted octanol–water partition coefficient (Wildman–Crippen LogP) is 7.73. The molecular formula is C29H21BrClN3O4S. The monoisotopic (exact) mass is 621 g/mol. The molecule has 0 fully saturated rings. The molecule has 0 aliphatic carbocycles. The highest BCUT2D eigenvalue weighted by molar-refractivity contribution is 9.10. The number of carbonyl (C=O) groups excluding carboxylic acids is 2. The molecule has 10 heteroatoms. The fourth-order valence-electron chi connectivity index (χ4n) is 3.97. The van der Waals surface area contributed by atoms with Crippen molar-refractivity contribution in [2.75, 3.05) is 12.4 Å². The third-order valence-corrected chi connectivity index (χ3v) is 7.67. The number of ether oxygens (including phenoxy) is 1. The quantitative estimate of drug-likeness (QED) is 0.107. The molecule has 0 aliphatic heterocycles. The van der Waals surface area contributed by atoms with E-state index in [1.807, 2.05) is 25.1 Å². The van der Waals surface area contributed by atoms with Crippen molar-refractivity contribution in [1.82, 2.24) is 9.97 Å². The second-order valence-corrected chi connectivity index (χ2v) is 10.8. The molecule has 2 heterocycles. The van der Waals surface area contributed by atoms with Crippen molar-refractivity contribution < 1.29 is 18.7 Å². The lowest BCUT2D eigenvalue weighted by atomic mass is 10.1. The highest BCUT2D eigenvalue weighted by Gasteiger charge is 2.25. The van der Waals surface area contributed by atoms with Gasteiger partial charge in [0.25, 0.3) is 5.91 Å². The van der Waals surface area contributed by atoms with Crippen LogP contribution in [0.25, 0.3) is 11.0 Å². The van der Waals surface area contributed by atoms with Gasteiger partial charge in [0.05, 0.1) is 28.5 Å². The van der Waals surface area contributed by atoms with Crippen molar-refractivity contribution in [3.63, 3.8) is 0 Å². The number of aryl methyl sites for hydroxylation is 1. The van der Waals surface area contributed by atoms with Crippen LogP contribution in [0.2, 0.25) is 5.02 Å². The van der Waals surface area contributed by atoms with E-state index in [-0.39, 0.29) is 22.2 Å². The Hall–Kier alpha value is -3.66. The number of nitrogens with zero attached hydrogens (tertiary/aromatic N) is 2. The maximum Gasteiger partial charge on any atom is 0.276 e. The van der Waals surface area contributed by atoms with Gasteiger partial charge in [-0.2, -0.15) is 0 Å². The Morgan fingerprint density at radius 3 is 2.69 bits per heavy atom. The van der Waals surface area contributed by atoms with Crippen LogP contribution in [-0.2, 0) is 5.75 Å². The summed E-state index contributed by atoms with van der Waals surface area (Å²) >= 11 is 11.1. The number of hydrogen-bond donors (Lipinski definition) is 1. The lowest BCUT2D eigenvalue weighted by molar-refractivity contribution is 0.101. The molecule has 0 bridgehead atoms.